The highest BCUT2D eigenvalue weighted by Crippen LogP contribution is 2.24. The van der Waals surface area contributed by atoms with Crippen molar-refractivity contribution in [1.82, 2.24) is 0 Å². The third kappa shape index (κ3) is 3.11. The zero-order valence-electron chi connectivity index (χ0n) is 9.38. The van der Waals surface area contributed by atoms with Gasteiger partial charge in [-0.15, -0.1) is 0 Å². The van der Waals surface area contributed by atoms with Gasteiger partial charge in [0.1, 0.15) is 11.6 Å². The maximum atomic E-state index is 13.6. The molecule has 2 rings (SSSR count). The minimum Gasteiger partial charge on any atom is -0.321 e. The van der Waals surface area contributed by atoms with Crippen LogP contribution >= 0.6 is 27.5 Å². The third-order valence-electron chi connectivity index (χ3n) is 2.38. The quantitative estimate of drug-likeness (QED) is 0.789. The van der Waals surface area contributed by atoms with Crippen LogP contribution in [-0.4, -0.2) is 5.91 Å². The molecule has 2 nitrogen and oxygen atoms in total. The number of hydrogen-bond donors (Lipinski definition) is 1. The average molecular weight is 347 g/mol. The fourth-order valence-corrected chi connectivity index (χ4v) is 1.98. The minimum absolute atomic E-state index is 0.366. The summed E-state index contributed by atoms with van der Waals surface area (Å²) in [7, 11) is 0. The van der Waals surface area contributed by atoms with E-state index in [0.717, 1.165) is 12.1 Å². The van der Waals surface area contributed by atoms with E-state index in [-0.39, 0.29) is 5.02 Å². The highest BCUT2D eigenvalue weighted by atomic mass is 79.9. The predicted molar refractivity (Wildman–Crippen MR) is 73.5 cm³/mol. The molecule has 0 heterocycles. The van der Waals surface area contributed by atoms with Crippen LogP contribution in [0.2, 0.25) is 5.02 Å². The van der Waals surface area contributed by atoms with Crippen LogP contribution in [0.25, 0.3) is 0 Å². The molecule has 6 heteroatoms. The van der Waals surface area contributed by atoms with Gasteiger partial charge in [0.05, 0.1) is 16.3 Å². The second kappa shape index (κ2) is 5.67. The lowest BCUT2D eigenvalue weighted by molar-refractivity contribution is 0.102. The Labute approximate surface area is 121 Å². The summed E-state index contributed by atoms with van der Waals surface area (Å²) < 4.78 is 27.4. The fourth-order valence-electron chi connectivity index (χ4n) is 1.45. The number of para-hydroxylation sites is 1. The van der Waals surface area contributed by atoms with Crippen LogP contribution in [-0.2, 0) is 0 Å². The molecule has 2 aromatic carbocycles. The largest absolute Gasteiger partial charge is 0.321 e. The first kappa shape index (κ1) is 14.0. The molecule has 19 heavy (non-hydrogen) atoms. The first-order valence-electron chi connectivity index (χ1n) is 5.19. The van der Waals surface area contributed by atoms with Crippen molar-refractivity contribution < 1.29 is 13.6 Å². The molecule has 98 valence electrons. The normalized spacial score (nSPS) is 10.3. The maximum Gasteiger partial charge on any atom is 0.258 e. The molecule has 0 radical (unpaired) electrons. The summed E-state index contributed by atoms with van der Waals surface area (Å²) in [6.45, 7) is 0. The van der Waals surface area contributed by atoms with Gasteiger partial charge in [-0.25, -0.2) is 8.78 Å². The molecule has 0 aliphatic rings. The molecule has 1 N–H and O–H groups in total. The number of hydrogen-bond acceptors (Lipinski definition) is 1. The summed E-state index contributed by atoms with van der Waals surface area (Å²) in [5.41, 5.74) is 0.0555. The Morgan fingerprint density at radius 3 is 2.53 bits per heavy atom. The van der Waals surface area contributed by atoms with Gasteiger partial charge in [-0.05, 0) is 40.2 Å². The van der Waals surface area contributed by atoms with Crippen LogP contribution in [0.3, 0.4) is 0 Å². The molecule has 0 aliphatic carbocycles. The maximum absolute atomic E-state index is 13.6. The lowest BCUT2D eigenvalue weighted by Gasteiger charge is -2.08. The number of rotatable bonds is 2. The van der Waals surface area contributed by atoms with E-state index in [9.17, 15) is 13.6 Å². The van der Waals surface area contributed by atoms with Crippen molar-refractivity contribution >= 4 is 39.1 Å². The van der Waals surface area contributed by atoms with Crippen molar-refractivity contribution in [2.75, 3.05) is 5.32 Å². The molecule has 0 atom stereocenters. The Morgan fingerprint density at radius 1 is 1.16 bits per heavy atom. The average Bonchev–Trinajstić information content (AvgIpc) is 2.36. The number of nitrogens with one attached hydrogen (secondary N) is 1. The van der Waals surface area contributed by atoms with Gasteiger partial charge in [-0.1, -0.05) is 23.7 Å². The standard InChI is InChI=1S/C13H7BrClF2NO/c14-8-3-1-2-4-12(8)18-13(19)7-5-11(17)9(15)6-10(7)16/h1-6H,(H,18,19). The number of amides is 1. The molecule has 0 saturated carbocycles. The molecule has 0 aliphatic heterocycles. The number of carbonyl (C=O) groups excluding carboxylic acids is 1. The summed E-state index contributed by atoms with van der Waals surface area (Å²) in [4.78, 5) is 11.9. The second-order valence-corrected chi connectivity index (χ2v) is 4.94. The van der Waals surface area contributed by atoms with E-state index in [0.29, 0.717) is 10.2 Å². The van der Waals surface area contributed by atoms with E-state index >= 15 is 0 Å². The summed E-state index contributed by atoms with van der Waals surface area (Å²) >= 11 is 8.66. The van der Waals surface area contributed by atoms with E-state index in [1.807, 2.05) is 0 Å². The fraction of sp³-hybridized carbons (Fsp3) is 0. The van der Waals surface area contributed by atoms with Gasteiger partial charge in [-0.3, -0.25) is 4.79 Å². The molecule has 2 aromatic rings. The van der Waals surface area contributed by atoms with Crippen LogP contribution in [0, 0.1) is 11.6 Å². The van der Waals surface area contributed by atoms with E-state index < -0.39 is 23.1 Å². The molecular weight excluding hydrogens is 340 g/mol. The number of carbonyl (C=O) groups is 1. The van der Waals surface area contributed by atoms with Crippen LogP contribution in [0.5, 0.6) is 0 Å². The monoisotopic (exact) mass is 345 g/mol. The predicted octanol–water partition coefficient (Wildman–Crippen LogP) is 4.63. The lowest BCUT2D eigenvalue weighted by atomic mass is 10.2. The molecular formula is C13H7BrClF2NO. The summed E-state index contributed by atoms with van der Waals surface area (Å²) in [5.74, 6) is -2.48. The van der Waals surface area contributed by atoms with Gasteiger partial charge < -0.3 is 5.32 Å². The van der Waals surface area contributed by atoms with Crippen molar-refractivity contribution in [3.05, 3.63) is 63.1 Å². The minimum atomic E-state index is -0.879. The Balaban J connectivity index is 2.31. The smallest absolute Gasteiger partial charge is 0.258 e. The molecule has 0 aromatic heterocycles. The highest BCUT2D eigenvalue weighted by Gasteiger charge is 2.16. The zero-order valence-corrected chi connectivity index (χ0v) is 11.7. The zero-order chi connectivity index (χ0) is 14.0. The Bertz CT molecular complexity index is 649. The van der Waals surface area contributed by atoms with Gasteiger partial charge >= 0.3 is 0 Å². The lowest BCUT2D eigenvalue weighted by Crippen LogP contribution is -2.14. The van der Waals surface area contributed by atoms with Crippen LogP contribution in [0.4, 0.5) is 14.5 Å². The van der Waals surface area contributed by atoms with Crippen molar-refractivity contribution in [2.45, 2.75) is 0 Å². The van der Waals surface area contributed by atoms with E-state index in [1.165, 1.54) is 0 Å². The first-order chi connectivity index (χ1) is 8.99. The third-order valence-corrected chi connectivity index (χ3v) is 3.36. The van der Waals surface area contributed by atoms with E-state index in [2.05, 4.69) is 21.2 Å². The van der Waals surface area contributed by atoms with Crippen molar-refractivity contribution in [3.8, 4) is 0 Å². The summed E-state index contributed by atoms with van der Waals surface area (Å²) in [5, 5.41) is 2.11. The molecule has 0 fully saturated rings. The number of anilines is 1. The van der Waals surface area contributed by atoms with Crippen LogP contribution in [0.15, 0.2) is 40.9 Å². The van der Waals surface area contributed by atoms with E-state index in [1.54, 1.807) is 24.3 Å². The van der Waals surface area contributed by atoms with Gasteiger partial charge in [0, 0.05) is 4.47 Å². The van der Waals surface area contributed by atoms with Gasteiger partial charge in [-0.2, -0.15) is 0 Å². The van der Waals surface area contributed by atoms with Crippen molar-refractivity contribution in [3.63, 3.8) is 0 Å². The summed E-state index contributed by atoms with van der Waals surface area (Å²) in [6, 6.07) is 8.36. The van der Waals surface area contributed by atoms with Crippen molar-refractivity contribution in [1.29, 1.82) is 0 Å². The Hall–Kier alpha value is -1.46. The molecule has 1 amide bonds. The first-order valence-corrected chi connectivity index (χ1v) is 6.36. The van der Waals surface area contributed by atoms with Gasteiger partial charge in [0.2, 0.25) is 0 Å². The summed E-state index contributed by atoms with van der Waals surface area (Å²) in [6.07, 6.45) is 0. The molecule has 0 spiro atoms. The topological polar surface area (TPSA) is 29.1 Å². The van der Waals surface area contributed by atoms with Gasteiger partial charge in [0.25, 0.3) is 5.91 Å². The second-order valence-electron chi connectivity index (χ2n) is 3.68. The highest BCUT2D eigenvalue weighted by molar-refractivity contribution is 9.10. The molecule has 0 saturated heterocycles. The van der Waals surface area contributed by atoms with Crippen LogP contribution < -0.4 is 5.32 Å². The van der Waals surface area contributed by atoms with E-state index in [4.69, 9.17) is 11.6 Å². The molecule has 0 bridgehead atoms. The molecule has 0 unspecified atom stereocenters. The number of halogens is 4. The van der Waals surface area contributed by atoms with Crippen LogP contribution in [0.1, 0.15) is 10.4 Å². The van der Waals surface area contributed by atoms with Gasteiger partial charge in [0.15, 0.2) is 0 Å². The number of benzene rings is 2. The van der Waals surface area contributed by atoms with Crippen molar-refractivity contribution in [2.24, 2.45) is 0 Å². The SMILES string of the molecule is O=C(Nc1ccccc1Br)c1cc(F)c(Cl)cc1F. The Kier molecular flexibility index (Phi) is 4.17. The Morgan fingerprint density at radius 2 is 1.84 bits per heavy atom.